The minimum atomic E-state index is 0.621. The van der Waals surface area contributed by atoms with Crippen molar-refractivity contribution in [2.75, 3.05) is 12.4 Å². The van der Waals surface area contributed by atoms with Crippen LogP contribution in [0.15, 0.2) is 24.3 Å². The number of hydrogen-bond acceptors (Lipinski definition) is 2. The van der Waals surface area contributed by atoms with Crippen molar-refractivity contribution in [1.82, 2.24) is 0 Å². The molecule has 0 saturated heterocycles. The molecule has 2 nitrogen and oxygen atoms in total. The monoisotopic (exact) mass is 259 g/mol. The van der Waals surface area contributed by atoms with Crippen molar-refractivity contribution in [2.45, 2.75) is 57.6 Å². The first-order valence-corrected chi connectivity index (χ1v) is 7.67. The highest BCUT2D eigenvalue weighted by molar-refractivity contribution is 5.47. The second kappa shape index (κ2) is 5.54. The Bertz CT molecular complexity index is 423. The summed E-state index contributed by atoms with van der Waals surface area (Å²) >= 11 is 0. The smallest absolute Gasteiger partial charge is 0.0713 e. The zero-order valence-electron chi connectivity index (χ0n) is 12.0. The van der Waals surface area contributed by atoms with Crippen molar-refractivity contribution < 1.29 is 4.74 Å². The van der Waals surface area contributed by atoms with Crippen LogP contribution in [0.25, 0.3) is 0 Å². The van der Waals surface area contributed by atoms with Gasteiger partial charge >= 0.3 is 0 Å². The Balaban J connectivity index is 1.66. The third kappa shape index (κ3) is 2.64. The maximum atomic E-state index is 5.21. The molecule has 2 aliphatic rings. The maximum Gasteiger partial charge on any atom is 0.0713 e. The van der Waals surface area contributed by atoms with Gasteiger partial charge in [0.2, 0.25) is 0 Å². The molecule has 1 unspecified atom stereocenters. The highest BCUT2D eigenvalue weighted by Crippen LogP contribution is 2.52. The molecule has 1 aromatic carbocycles. The van der Waals surface area contributed by atoms with Gasteiger partial charge in [-0.15, -0.1) is 0 Å². The fraction of sp³-hybridized carbons (Fsp3) is 0.647. The van der Waals surface area contributed by atoms with E-state index in [2.05, 4.69) is 29.6 Å². The highest BCUT2D eigenvalue weighted by Gasteiger charge is 2.46. The average molecular weight is 259 g/mol. The van der Waals surface area contributed by atoms with Crippen LogP contribution in [0.1, 0.15) is 50.5 Å². The normalized spacial score (nSPS) is 25.0. The number of nitrogens with one attached hydrogen (secondary N) is 1. The predicted molar refractivity (Wildman–Crippen MR) is 79.3 cm³/mol. The number of methoxy groups -OCH3 is 1. The molecule has 3 rings (SSSR count). The summed E-state index contributed by atoms with van der Waals surface area (Å²) in [6.45, 7) is 0.700. The second-order valence-corrected chi connectivity index (χ2v) is 6.29. The van der Waals surface area contributed by atoms with E-state index in [1.807, 2.05) is 0 Å². The lowest BCUT2D eigenvalue weighted by Crippen LogP contribution is -2.50. The molecule has 1 N–H and O–H groups in total. The lowest BCUT2D eigenvalue weighted by molar-refractivity contribution is 0.0571. The summed E-state index contributed by atoms with van der Waals surface area (Å²) in [5.41, 5.74) is 3.14. The number of anilines is 1. The van der Waals surface area contributed by atoms with E-state index in [1.54, 1.807) is 7.11 Å². The van der Waals surface area contributed by atoms with Crippen molar-refractivity contribution in [3.63, 3.8) is 0 Å². The van der Waals surface area contributed by atoms with Gasteiger partial charge in [-0.1, -0.05) is 31.4 Å². The zero-order chi connectivity index (χ0) is 13.1. The molecule has 0 aromatic heterocycles. The van der Waals surface area contributed by atoms with Crippen LogP contribution in [-0.4, -0.2) is 13.2 Å². The van der Waals surface area contributed by atoms with Gasteiger partial charge in [0.1, 0.15) is 0 Å². The van der Waals surface area contributed by atoms with Crippen LogP contribution in [0.3, 0.4) is 0 Å². The summed E-state index contributed by atoms with van der Waals surface area (Å²) in [5.74, 6) is 0. The summed E-state index contributed by atoms with van der Waals surface area (Å²) in [6.07, 6.45) is 9.95. The van der Waals surface area contributed by atoms with Crippen LogP contribution in [0.2, 0.25) is 0 Å². The Kier molecular flexibility index (Phi) is 3.79. The number of rotatable bonds is 4. The van der Waals surface area contributed by atoms with E-state index in [4.69, 9.17) is 4.74 Å². The SMILES string of the molecule is COCc1cccc(NC2CCC23CCCCC3)c1. The molecule has 0 heterocycles. The number of benzene rings is 1. The van der Waals surface area contributed by atoms with Crippen LogP contribution in [0.4, 0.5) is 5.69 Å². The molecule has 1 atom stereocenters. The van der Waals surface area contributed by atoms with E-state index < -0.39 is 0 Å². The summed E-state index contributed by atoms with van der Waals surface area (Å²) in [4.78, 5) is 0. The molecule has 19 heavy (non-hydrogen) atoms. The van der Waals surface area contributed by atoms with Crippen LogP contribution in [0.5, 0.6) is 0 Å². The molecular weight excluding hydrogens is 234 g/mol. The molecule has 1 aromatic rings. The van der Waals surface area contributed by atoms with Crippen LogP contribution in [-0.2, 0) is 11.3 Å². The van der Waals surface area contributed by atoms with E-state index >= 15 is 0 Å². The van der Waals surface area contributed by atoms with Crippen molar-refractivity contribution in [3.8, 4) is 0 Å². The Morgan fingerprint density at radius 1 is 1.21 bits per heavy atom. The molecule has 0 amide bonds. The van der Waals surface area contributed by atoms with Crippen molar-refractivity contribution in [3.05, 3.63) is 29.8 Å². The topological polar surface area (TPSA) is 21.3 Å². The van der Waals surface area contributed by atoms with E-state index in [0.717, 1.165) is 0 Å². The van der Waals surface area contributed by atoms with Crippen LogP contribution < -0.4 is 5.32 Å². The van der Waals surface area contributed by atoms with Crippen molar-refractivity contribution >= 4 is 5.69 Å². The lowest BCUT2D eigenvalue weighted by atomic mass is 9.57. The van der Waals surface area contributed by atoms with Gasteiger partial charge in [0, 0.05) is 18.8 Å². The first-order valence-electron chi connectivity index (χ1n) is 7.67. The molecule has 0 bridgehead atoms. The Morgan fingerprint density at radius 3 is 2.74 bits per heavy atom. The molecule has 2 saturated carbocycles. The summed E-state index contributed by atoms with van der Waals surface area (Å²) in [6, 6.07) is 9.38. The minimum absolute atomic E-state index is 0.621. The average Bonchev–Trinajstić information content (AvgIpc) is 2.45. The number of hydrogen-bond donors (Lipinski definition) is 1. The molecule has 1 spiro atoms. The Hall–Kier alpha value is -1.02. The standard InChI is InChI=1S/C17H25NO/c1-19-13-14-6-5-7-15(12-14)18-16-8-11-17(16)9-3-2-4-10-17/h5-7,12,16,18H,2-4,8-11,13H2,1H3. The minimum Gasteiger partial charge on any atom is -0.382 e. The maximum absolute atomic E-state index is 5.21. The van der Waals surface area contributed by atoms with Gasteiger partial charge in [-0.25, -0.2) is 0 Å². The summed E-state index contributed by atoms with van der Waals surface area (Å²) in [7, 11) is 1.75. The van der Waals surface area contributed by atoms with Gasteiger partial charge in [0.25, 0.3) is 0 Å². The van der Waals surface area contributed by atoms with Crippen molar-refractivity contribution in [2.24, 2.45) is 5.41 Å². The molecule has 0 radical (unpaired) electrons. The quantitative estimate of drug-likeness (QED) is 0.867. The van der Waals surface area contributed by atoms with Crippen LogP contribution in [0, 0.1) is 5.41 Å². The summed E-state index contributed by atoms with van der Waals surface area (Å²) < 4.78 is 5.21. The van der Waals surface area contributed by atoms with E-state index in [-0.39, 0.29) is 0 Å². The van der Waals surface area contributed by atoms with Gasteiger partial charge in [-0.3, -0.25) is 0 Å². The molecular formula is C17H25NO. The fourth-order valence-electron chi connectivity index (χ4n) is 3.90. The molecule has 2 heteroatoms. The fourth-order valence-corrected chi connectivity index (χ4v) is 3.90. The molecule has 0 aliphatic heterocycles. The second-order valence-electron chi connectivity index (χ2n) is 6.29. The summed E-state index contributed by atoms with van der Waals surface area (Å²) in [5, 5.41) is 3.78. The van der Waals surface area contributed by atoms with Crippen molar-refractivity contribution in [1.29, 1.82) is 0 Å². The van der Waals surface area contributed by atoms with Crippen LogP contribution >= 0.6 is 0 Å². The zero-order valence-corrected chi connectivity index (χ0v) is 12.0. The predicted octanol–water partition coefficient (Wildman–Crippen LogP) is 4.36. The van der Waals surface area contributed by atoms with E-state index in [9.17, 15) is 0 Å². The first kappa shape index (κ1) is 13.0. The van der Waals surface area contributed by atoms with Gasteiger partial charge < -0.3 is 10.1 Å². The van der Waals surface area contributed by atoms with Gasteiger partial charge in [-0.05, 0) is 48.8 Å². The van der Waals surface area contributed by atoms with E-state index in [0.29, 0.717) is 18.1 Å². The van der Waals surface area contributed by atoms with Gasteiger partial charge in [0.05, 0.1) is 6.61 Å². The molecule has 104 valence electrons. The molecule has 2 fully saturated rings. The highest BCUT2D eigenvalue weighted by atomic mass is 16.5. The third-order valence-corrected chi connectivity index (χ3v) is 5.10. The molecule has 2 aliphatic carbocycles. The Labute approximate surface area is 116 Å². The largest absolute Gasteiger partial charge is 0.382 e. The first-order chi connectivity index (χ1) is 9.32. The lowest BCUT2D eigenvalue weighted by Gasteiger charge is -2.52. The number of ether oxygens (including phenoxy) is 1. The van der Waals surface area contributed by atoms with E-state index in [1.165, 1.54) is 56.2 Å². The third-order valence-electron chi connectivity index (χ3n) is 5.10. The van der Waals surface area contributed by atoms with Gasteiger partial charge in [0.15, 0.2) is 0 Å². The van der Waals surface area contributed by atoms with Gasteiger partial charge in [-0.2, -0.15) is 0 Å². The Morgan fingerprint density at radius 2 is 2.05 bits per heavy atom.